The first-order valence-corrected chi connectivity index (χ1v) is 7.86. The lowest BCUT2D eigenvalue weighted by atomic mass is 9.81. The normalized spacial score (nSPS) is 13.2. The molecule has 2 aromatic rings. The Morgan fingerprint density at radius 1 is 1.00 bits per heavy atom. The quantitative estimate of drug-likeness (QED) is 0.782. The largest absolute Gasteiger partial charge is 0.313 e. The van der Waals surface area contributed by atoms with Gasteiger partial charge in [-0.25, -0.2) is 0 Å². The number of rotatable bonds is 5. The highest BCUT2D eigenvalue weighted by atomic mass is 14.9. The zero-order valence-corrected chi connectivity index (χ0v) is 13.9. The molecular formula is C20H27N. The van der Waals surface area contributed by atoms with Crippen molar-refractivity contribution in [2.75, 3.05) is 7.05 Å². The van der Waals surface area contributed by atoms with Gasteiger partial charge in [0.05, 0.1) is 0 Å². The number of benzene rings is 2. The van der Waals surface area contributed by atoms with Crippen LogP contribution in [-0.2, 0) is 5.41 Å². The van der Waals surface area contributed by atoms with Gasteiger partial charge in [0.25, 0.3) is 0 Å². The minimum atomic E-state index is 0.246. The standard InChI is InChI=1S/C20H27N/c1-6-20(3,4)17-13-11-16(12-14-17)19-10-8-7-9-18(19)15(2)21-5/h7-15,21H,6H2,1-5H3. The van der Waals surface area contributed by atoms with Gasteiger partial charge in [0.2, 0.25) is 0 Å². The van der Waals surface area contributed by atoms with E-state index < -0.39 is 0 Å². The average molecular weight is 281 g/mol. The fourth-order valence-corrected chi connectivity index (χ4v) is 2.60. The van der Waals surface area contributed by atoms with Crippen molar-refractivity contribution >= 4 is 0 Å². The van der Waals surface area contributed by atoms with Crippen molar-refractivity contribution in [2.24, 2.45) is 0 Å². The lowest BCUT2D eigenvalue weighted by Gasteiger charge is -2.24. The molecule has 2 rings (SSSR count). The molecule has 0 bridgehead atoms. The van der Waals surface area contributed by atoms with Gasteiger partial charge in [-0.05, 0) is 48.1 Å². The highest BCUT2D eigenvalue weighted by molar-refractivity contribution is 5.68. The van der Waals surface area contributed by atoms with E-state index in [0.29, 0.717) is 6.04 Å². The smallest absolute Gasteiger partial charge is 0.0295 e. The van der Waals surface area contributed by atoms with Crippen LogP contribution in [0.1, 0.15) is 51.3 Å². The van der Waals surface area contributed by atoms with Crippen LogP contribution < -0.4 is 5.32 Å². The first kappa shape index (κ1) is 15.8. The summed E-state index contributed by atoms with van der Waals surface area (Å²) >= 11 is 0. The molecule has 0 aliphatic heterocycles. The molecule has 1 N–H and O–H groups in total. The summed E-state index contributed by atoms with van der Waals surface area (Å²) in [5.41, 5.74) is 5.62. The summed E-state index contributed by atoms with van der Waals surface area (Å²) < 4.78 is 0. The summed E-state index contributed by atoms with van der Waals surface area (Å²) in [5, 5.41) is 3.34. The second-order valence-electron chi connectivity index (χ2n) is 6.41. The topological polar surface area (TPSA) is 12.0 Å². The molecule has 0 saturated heterocycles. The maximum absolute atomic E-state index is 3.34. The molecule has 0 fully saturated rings. The molecule has 0 aliphatic carbocycles. The van der Waals surface area contributed by atoms with Gasteiger partial charge >= 0.3 is 0 Å². The van der Waals surface area contributed by atoms with Crippen LogP contribution in [0.5, 0.6) is 0 Å². The van der Waals surface area contributed by atoms with Crippen LogP contribution in [0.15, 0.2) is 48.5 Å². The summed E-state index contributed by atoms with van der Waals surface area (Å²) in [5.74, 6) is 0. The molecule has 1 nitrogen and oxygen atoms in total. The van der Waals surface area contributed by atoms with Gasteiger partial charge in [-0.15, -0.1) is 0 Å². The van der Waals surface area contributed by atoms with Crippen LogP contribution >= 0.6 is 0 Å². The van der Waals surface area contributed by atoms with E-state index in [4.69, 9.17) is 0 Å². The van der Waals surface area contributed by atoms with E-state index in [1.165, 1.54) is 22.3 Å². The van der Waals surface area contributed by atoms with Crippen LogP contribution in [0.3, 0.4) is 0 Å². The van der Waals surface area contributed by atoms with E-state index >= 15 is 0 Å². The van der Waals surface area contributed by atoms with E-state index in [9.17, 15) is 0 Å². The molecule has 1 heteroatoms. The summed E-state index contributed by atoms with van der Waals surface area (Å²) in [6.07, 6.45) is 1.15. The molecule has 112 valence electrons. The van der Waals surface area contributed by atoms with Gasteiger partial charge in [-0.1, -0.05) is 69.3 Å². The maximum Gasteiger partial charge on any atom is 0.0295 e. The van der Waals surface area contributed by atoms with E-state index in [1.807, 2.05) is 7.05 Å². The first-order valence-electron chi connectivity index (χ1n) is 7.86. The van der Waals surface area contributed by atoms with Crippen molar-refractivity contribution in [1.29, 1.82) is 0 Å². The van der Waals surface area contributed by atoms with E-state index in [2.05, 4.69) is 81.5 Å². The minimum Gasteiger partial charge on any atom is -0.313 e. The molecular weight excluding hydrogens is 254 g/mol. The van der Waals surface area contributed by atoms with Gasteiger partial charge < -0.3 is 5.32 Å². The molecule has 1 atom stereocenters. The van der Waals surface area contributed by atoms with Crippen LogP contribution in [0.2, 0.25) is 0 Å². The van der Waals surface area contributed by atoms with Gasteiger partial charge in [0.1, 0.15) is 0 Å². The molecule has 1 unspecified atom stereocenters. The lowest BCUT2D eigenvalue weighted by molar-refractivity contribution is 0.506. The Morgan fingerprint density at radius 2 is 1.62 bits per heavy atom. The Labute approximate surface area is 129 Å². The molecule has 0 aromatic heterocycles. The summed E-state index contributed by atoms with van der Waals surface area (Å²) in [6, 6.07) is 18.1. The Kier molecular flexibility index (Phi) is 4.84. The summed E-state index contributed by atoms with van der Waals surface area (Å²) in [7, 11) is 2.01. The first-order chi connectivity index (χ1) is 9.99. The van der Waals surface area contributed by atoms with E-state index in [0.717, 1.165) is 6.42 Å². The maximum atomic E-state index is 3.34. The van der Waals surface area contributed by atoms with Crippen LogP contribution in [-0.4, -0.2) is 7.05 Å². The van der Waals surface area contributed by atoms with Crippen molar-refractivity contribution in [3.8, 4) is 11.1 Å². The lowest BCUT2D eigenvalue weighted by Crippen LogP contribution is -2.15. The van der Waals surface area contributed by atoms with Crippen LogP contribution in [0.4, 0.5) is 0 Å². The third-order valence-electron chi connectivity index (χ3n) is 4.72. The fraction of sp³-hybridized carbons (Fsp3) is 0.400. The van der Waals surface area contributed by atoms with Crippen molar-refractivity contribution in [3.63, 3.8) is 0 Å². The number of hydrogen-bond acceptors (Lipinski definition) is 1. The highest BCUT2D eigenvalue weighted by Gasteiger charge is 2.18. The molecule has 0 heterocycles. The second-order valence-corrected chi connectivity index (χ2v) is 6.41. The predicted molar refractivity (Wildman–Crippen MR) is 92.7 cm³/mol. The Morgan fingerprint density at radius 3 is 2.19 bits per heavy atom. The van der Waals surface area contributed by atoms with Gasteiger partial charge in [-0.3, -0.25) is 0 Å². The third kappa shape index (κ3) is 3.36. The number of nitrogens with one attached hydrogen (secondary N) is 1. The second kappa shape index (κ2) is 6.44. The van der Waals surface area contributed by atoms with Crippen molar-refractivity contribution in [2.45, 2.75) is 45.6 Å². The van der Waals surface area contributed by atoms with Crippen molar-refractivity contribution in [1.82, 2.24) is 5.32 Å². The Hall–Kier alpha value is -1.60. The molecule has 21 heavy (non-hydrogen) atoms. The van der Waals surface area contributed by atoms with E-state index in [-0.39, 0.29) is 5.41 Å². The van der Waals surface area contributed by atoms with Gasteiger partial charge in [0.15, 0.2) is 0 Å². The minimum absolute atomic E-state index is 0.246. The molecule has 0 amide bonds. The van der Waals surface area contributed by atoms with Crippen molar-refractivity contribution < 1.29 is 0 Å². The molecule has 0 spiro atoms. The zero-order chi connectivity index (χ0) is 15.5. The monoisotopic (exact) mass is 281 g/mol. The predicted octanol–water partition coefficient (Wildman–Crippen LogP) is 5.32. The zero-order valence-electron chi connectivity index (χ0n) is 13.9. The highest BCUT2D eigenvalue weighted by Crippen LogP contribution is 2.31. The van der Waals surface area contributed by atoms with Crippen molar-refractivity contribution in [3.05, 3.63) is 59.7 Å². The Bertz CT molecular complexity index is 581. The average Bonchev–Trinajstić information content (AvgIpc) is 2.54. The molecule has 2 aromatic carbocycles. The number of hydrogen-bond donors (Lipinski definition) is 1. The molecule has 0 radical (unpaired) electrons. The van der Waals surface area contributed by atoms with E-state index in [1.54, 1.807) is 0 Å². The fourth-order valence-electron chi connectivity index (χ4n) is 2.60. The third-order valence-corrected chi connectivity index (χ3v) is 4.72. The SMILES string of the molecule is CCC(C)(C)c1ccc(-c2ccccc2C(C)NC)cc1. The molecule has 0 saturated carbocycles. The van der Waals surface area contributed by atoms with Crippen LogP contribution in [0.25, 0.3) is 11.1 Å². The van der Waals surface area contributed by atoms with Gasteiger partial charge in [-0.2, -0.15) is 0 Å². The summed E-state index contributed by atoms with van der Waals surface area (Å²) in [6.45, 7) is 9.06. The van der Waals surface area contributed by atoms with Gasteiger partial charge in [0, 0.05) is 6.04 Å². The Balaban J connectivity index is 2.40. The van der Waals surface area contributed by atoms with Crippen LogP contribution in [0, 0.1) is 0 Å². The summed E-state index contributed by atoms with van der Waals surface area (Å²) in [4.78, 5) is 0. The molecule has 0 aliphatic rings.